The van der Waals surface area contributed by atoms with E-state index >= 15 is 0 Å². The summed E-state index contributed by atoms with van der Waals surface area (Å²) >= 11 is 0. The van der Waals surface area contributed by atoms with Gasteiger partial charge in [0.1, 0.15) is 5.92 Å². The SMILES string of the molecule is CCC(C(=O)O)C(O)O.[H-].[Na+]. The molecule has 4 nitrogen and oxygen atoms in total. The molecule has 1 atom stereocenters. The van der Waals surface area contributed by atoms with Crippen molar-refractivity contribution in [2.45, 2.75) is 19.6 Å². The molecule has 0 aromatic rings. The van der Waals surface area contributed by atoms with Crippen molar-refractivity contribution in [3.05, 3.63) is 0 Å². The third kappa shape index (κ3) is 4.24. The Morgan fingerprint density at radius 1 is 1.60 bits per heavy atom. The summed E-state index contributed by atoms with van der Waals surface area (Å²) in [5.41, 5.74) is 0. The Morgan fingerprint density at radius 3 is 2.00 bits per heavy atom. The van der Waals surface area contributed by atoms with E-state index in [1.807, 2.05) is 0 Å². The largest absolute Gasteiger partial charge is 1.00 e. The molecule has 0 rings (SSSR count). The standard InChI is InChI=1S/C5H10O4.Na.H/c1-2-3(4(6)7)5(8)9;;/h3-4,6-7H,2H2,1H3,(H,8,9);;/q;+1;-1. The van der Waals surface area contributed by atoms with Crippen LogP contribution in [0.2, 0.25) is 0 Å². The molecule has 0 aromatic carbocycles. The predicted octanol–water partition coefficient (Wildman–Crippen LogP) is -3.48. The molecule has 0 amide bonds. The molecule has 0 spiro atoms. The van der Waals surface area contributed by atoms with Crippen molar-refractivity contribution in [3.8, 4) is 0 Å². The maximum atomic E-state index is 10.1. The van der Waals surface area contributed by atoms with Gasteiger partial charge in [0.2, 0.25) is 0 Å². The van der Waals surface area contributed by atoms with Crippen LogP contribution in [0, 0.1) is 5.92 Å². The first-order valence-electron chi connectivity index (χ1n) is 2.68. The molecule has 0 heterocycles. The van der Waals surface area contributed by atoms with Crippen LogP contribution in [0.4, 0.5) is 0 Å². The summed E-state index contributed by atoms with van der Waals surface area (Å²) in [4.78, 5) is 10.1. The molecule has 0 saturated carbocycles. The van der Waals surface area contributed by atoms with Crippen LogP contribution in [0.25, 0.3) is 0 Å². The van der Waals surface area contributed by atoms with Gasteiger partial charge in [-0.3, -0.25) is 4.79 Å². The third-order valence-electron chi connectivity index (χ3n) is 1.12. The van der Waals surface area contributed by atoms with Crippen LogP contribution in [0.15, 0.2) is 0 Å². The summed E-state index contributed by atoms with van der Waals surface area (Å²) in [5.74, 6) is -2.22. The number of aliphatic hydroxyl groups excluding tert-OH is 1. The molecule has 0 aliphatic rings. The van der Waals surface area contributed by atoms with Gasteiger partial charge < -0.3 is 16.7 Å². The van der Waals surface area contributed by atoms with Crippen LogP contribution in [0.1, 0.15) is 14.8 Å². The van der Waals surface area contributed by atoms with Gasteiger partial charge in [0.15, 0.2) is 6.29 Å². The maximum Gasteiger partial charge on any atom is 1.00 e. The Hall–Kier alpha value is 0.390. The van der Waals surface area contributed by atoms with E-state index in [9.17, 15) is 4.79 Å². The molecule has 0 aliphatic heterocycles. The van der Waals surface area contributed by atoms with E-state index in [0.29, 0.717) is 0 Å². The molecule has 0 aliphatic carbocycles. The van der Waals surface area contributed by atoms with Gasteiger partial charge in [-0.25, -0.2) is 0 Å². The van der Waals surface area contributed by atoms with Crippen molar-refractivity contribution in [1.29, 1.82) is 0 Å². The number of hydrogen-bond acceptors (Lipinski definition) is 3. The minimum absolute atomic E-state index is 0. The van der Waals surface area contributed by atoms with E-state index in [2.05, 4.69) is 0 Å². The quantitative estimate of drug-likeness (QED) is 0.294. The Labute approximate surface area is 82.6 Å². The van der Waals surface area contributed by atoms with E-state index in [0.717, 1.165) is 0 Å². The van der Waals surface area contributed by atoms with Crippen molar-refractivity contribution in [2.75, 3.05) is 0 Å². The van der Waals surface area contributed by atoms with Gasteiger partial charge in [-0.1, -0.05) is 6.92 Å². The van der Waals surface area contributed by atoms with Crippen molar-refractivity contribution in [1.82, 2.24) is 0 Å². The van der Waals surface area contributed by atoms with E-state index in [4.69, 9.17) is 15.3 Å². The van der Waals surface area contributed by atoms with E-state index in [-0.39, 0.29) is 37.4 Å². The molecule has 5 heteroatoms. The van der Waals surface area contributed by atoms with Gasteiger partial charge in [-0.05, 0) is 6.42 Å². The second-order valence-corrected chi connectivity index (χ2v) is 1.77. The summed E-state index contributed by atoms with van der Waals surface area (Å²) in [6.45, 7) is 1.58. The summed E-state index contributed by atoms with van der Waals surface area (Å²) in [6, 6.07) is 0. The topological polar surface area (TPSA) is 77.8 Å². The molecular formula is C5H11NaO4. The zero-order valence-corrected chi connectivity index (χ0v) is 8.11. The summed E-state index contributed by atoms with van der Waals surface area (Å²) < 4.78 is 0. The molecule has 3 N–H and O–H groups in total. The second-order valence-electron chi connectivity index (χ2n) is 1.77. The van der Waals surface area contributed by atoms with Crippen LogP contribution in [-0.2, 0) is 4.79 Å². The summed E-state index contributed by atoms with van der Waals surface area (Å²) in [5, 5.41) is 24.9. The Bertz CT molecular complexity index is 109. The van der Waals surface area contributed by atoms with E-state index < -0.39 is 18.2 Å². The fourth-order valence-corrected chi connectivity index (χ4v) is 0.513. The fourth-order valence-electron chi connectivity index (χ4n) is 0.513. The molecule has 1 unspecified atom stereocenters. The van der Waals surface area contributed by atoms with Gasteiger partial charge >= 0.3 is 35.5 Å². The number of hydrogen-bond donors (Lipinski definition) is 3. The van der Waals surface area contributed by atoms with Crippen molar-refractivity contribution in [3.63, 3.8) is 0 Å². The van der Waals surface area contributed by atoms with Crippen LogP contribution >= 0.6 is 0 Å². The number of aliphatic hydroxyl groups is 2. The normalized spacial score (nSPS) is 12.4. The number of carbonyl (C=O) groups is 1. The van der Waals surface area contributed by atoms with Gasteiger partial charge in [0, 0.05) is 0 Å². The minimum atomic E-state index is -1.74. The summed E-state index contributed by atoms with van der Waals surface area (Å²) in [7, 11) is 0. The summed E-state index contributed by atoms with van der Waals surface area (Å²) in [6.07, 6.45) is -1.51. The molecule has 0 radical (unpaired) electrons. The monoisotopic (exact) mass is 158 g/mol. The van der Waals surface area contributed by atoms with Gasteiger partial charge in [-0.15, -0.1) is 0 Å². The van der Waals surface area contributed by atoms with Gasteiger partial charge in [0.25, 0.3) is 0 Å². The first kappa shape index (κ1) is 13.0. The zero-order valence-electron chi connectivity index (χ0n) is 7.11. The van der Waals surface area contributed by atoms with Crippen LogP contribution < -0.4 is 29.6 Å². The molecule has 10 heavy (non-hydrogen) atoms. The van der Waals surface area contributed by atoms with Crippen molar-refractivity contribution in [2.24, 2.45) is 5.92 Å². The Morgan fingerprint density at radius 2 is 2.00 bits per heavy atom. The van der Waals surface area contributed by atoms with Gasteiger partial charge in [-0.2, -0.15) is 0 Å². The average Bonchev–Trinajstić information content (AvgIpc) is 1.64. The maximum absolute atomic E-state index is 10.1. The first-order chi connectivity index (χ1) is 4.09. The second kappa shape index (κ2) is 6.12. The van der Waals surface area contributed by atoms with Crippen LogP contribution in [0.5, 0.6) is 0 Å². The van der Waals surface area contributed by atoms with Gasteiger partial charge in [0.05, 0.1) is 0 Å². The van der Waals surface area contributed by atoms with Crippen LogP contribution in [0.3, 0.4) is 0 Å². The molecule has 0 saturated heterocycles. The van der Waals surface area contributed by atoms with Crippen LogP contribution in [-0.4, -0.2) is 27.6 Å². The number of aliphatic carboxylic acids is 1. The number of rotatable bonds is 3. The number of carboxylic acid groups (broad SMARTS) is 1. The minimum Gasteiger partial charge on any atom is -1.00 e. The van der Waals surface area contributed by atoms with E-state index in [1.165, 1.54) is 0 Å². The Balaban J connectivity index is -0.000000320. The molecule has 56 valence electrons. The van der Waals surface area contributed by atoms with Crippen molar-refractivity contribution < 1.29 is 51.1 Å². The molecule has 0 aromatic heterocycles. The fraction of sp³-hybridized carbons (Fsp3) is 0.800. The number of carboxylic acids is 1. The third-order valence-corrected chi connectivity index (χ3v) is 1.12. The first-order valence-corrected chi connectivity index (χ1v) is 2.68. The van der Waals surface area contributed by atoms with E-state index in [1.54, 1.807) is 6.92 Å². The molecule has 0 fully saturated rings. The van der Waals surface area contributed by atoms with Crippen molar-refractivity contribution >= 4 is 5.97 Å². The average molecular weight is 158 g/mol. The predicted molar refractivity (Wildman–Crippen MR) is 30.8 cm³/mol. The Kier molecular flexibility index (Phi) is 7.97. The molecular weight excluding hydrogens is 147 g/mol. The zero-order chi connectivity index (χ0) is 7.44. The molecule has 0 bridgehead atoms. The smallest absolute Gasteiger partial charge is 1.00 e.